The molecule has 1 aromatic heterocycles. The molecule has 0 saturated heterocycles. The summed E-state index contributed by atoms with van der Waals surface area (Å²) in [6.45, 7) is 4.68. The van der Waals surface area contributed by atoms with E-state index in [1.807, 2.05) is 12.1 Å². The molecule has 1 fully saturated rings. The zero-order valence-electron chi connectivity index (χ0n) is 13.0. The molecule has 0 bridgehead atoms. The Morgan fingerprint density at radius 3 is 2.81 bits per heavy atom. The van der Waals surface area contributed by atoms with Gasteiger partial charge in [-0.05, 0) is 48.9 Å². The highest BCUT2D eigenvalue weighted by molar-refractivity contribution is 5.98. The molecule has 1 heterocycles. The largest absolute Gasteiger partial charge is 0.397 e. The summed E-state index contributed by atoms with van der Waals surface area (Å²) in [6, 6.07) is 8.71. The van der Waals surface area contributed by atoms with E-state index in [-0.39, 0.29) is 0 Å². The Labute approximate surface area is 127 Å². The summed E-state index contributed by atoms with van der Waals surface area (Å²) in [4.78, 5) is 4.42. The molecule has 2 aromatic rings. The predicted octanol–water partition coefficient (Wildman–Crippen LogP) is 4.44. The van der Waals surface area contributed by atoms with Crippen LogP contribution in [0.4, 0.5) is 11.4 Å². The number of rotatable bonds is 3. The number of benzene rings is 1. The van der Waals surface area contributed by atoms with E-state index in [1.165, 1.54) is 31.4 Å². The first kappa shape index (κ1) is 14.2. The zero-order chi connectivity index (χ0) is 14.8. The van der Waals surface area contributed by atoms with Crippen LogP contribution in [-0.4, -0.2) is 11.0 Å². The highest BCUT2D eigenvalue weighted by Gasteiger charge is 2.27. The maximum atomic E-state index is 6.04. The Morgan fingerprint density at radius 1 is 1.19 bits per heavy atom. The summed E-state index contributed by atoms with van der Waals surface area (Å²) >= 11 is 0. The lowest BCUT2D eigenvalue weighted by Gasteiger charge is -2.35. The minimum absolute atomic E-state index is 0.561. The second-order valence-corrected chi connectivity index (χ2v) is 6.55. The number of fused-ring (bicyclic) bond motifs is 1. The molecule has 0 spiro atoms. The van der Waals surface area contributed by atoms with Crippen LogP contribution in [0.3, 0.4) is 0 Å². The van der Waals surface area contributed by atoms with Crippen molar-refractivity contribution >= 4 is 22.3 Å². The molecule has 3 nitrogen and oxygen atoms in total. The molecule has 1 saturated carbocycles. The van der Waals surface area contributed by atoms with Crippen molar-refractivity contribution in [3.8, 4) is 0 Å². The topological polar surface area (TPSA) is 50.9 Å². The van der Waals surface area contributed by atoms with Gasteiger partial charge in [-0.1, -0.05) is 26.7 Å². The van der Waals surface area contributed by atoms with E-state index in [9.17, 15) is 0 Å². The first-order chi connectivity index (χ1) is 10.2. The third-order valence-electron chi connectivity index (χ3n) is 4.82. The molecular formula is C18H25N3. The van der Waals surface area contributed by atoms with Crippen LogP contribution in [-0.2, 0) is 0 Å². The fourth-order valence-electron chi connectivity index (χ4n) is 3.66. The summed E-state index contributed by atoms with van der Waals surface area (Å²) in [5.41, 5.74) is 8.87. The Kier molecular flexibility index (Phi) is 4.00. The number of nitrogen functional groups attached to an aromatic ring is 1. The quantitative estimate of drug-likeness (QED) is 0.819. The first-order valence-corrected chi connectivity index (χ1v) is 8.06. The average molecular weight is 283 g/mol. The molecule has 0 amide bonds. The third kappa shape index (κ3) is 2.82. The van der Waals surface area contributed by atoms with Crippen LogP contribution in [0.1, 0.15) is 39.5 Å². The van der Waals surface area contributed by atoms with E-state index < -0.39 is 0 Å². The fraction of sp³-hybridized carbons (Fsp3) is 0.500. The molecule has 112 valence electrons. The molecule has 3 rings (SSSR count). The number of anilines is 2. The van der Waals surface area contributed by atoms with Crippen molar-refractivity contribution in [2.45, 2.75) is 45.6 Å². The minimum atomic E-state index is 0.561. The Balaban J connectivity index is 1.92. The van der Waals surface area contributed by atoms with Crippen molar-refractivity contribution in [1.82, 2.24) is 4.98 Å². The van der Waals surface area contributed by atoms with Gasteiger partial charge in [-0.15, -0.1) is 0 Å². The van der Waals surface area contributed by atoms with E-state index in [4.69, 9.17) is 5.73 Å². The van der Waals surface area contributed by atoms with Gasteiger partial charge >= 0.3 is 0 Å². The highest BCUT2D eigenvalue weighted by atomic mass is 14.9. The van der Waals surface area contributed by atoms with Gasteiger partial charge in [0.15, 0.2) is 0 Å². The number of pyridine rings is 1. The van der Waals surface area contributed by atoms with Gasteiger partial charge in [0.2, 0.25) is 0 Å². The van der Waals surface area contributed by atoms with E-state index in [1.54, 1.807) is 6.20 Å². The maximum absolute atomic E-state index is 6.04. The average Bonchev–Trinajstić information content (AvgIpc) is 2.51. The van der Waals surface area contributed by atoms with Gasteiger partial charge in [0.05, 0.1) is 11.2 Å². The van der Waals surface area contributed by atoms with Crippen molar-refractivity contribution in [3.63, 3.8) is 0 Å². The normalized spacial score (nSPS) is 22.6. The molecular weight excluding hydrogens is 258 g/mol. The molecule has 2 unspecified atom stereocenters. The lowest BCUT2D eigenvalue weighted by Crippen LogP contribution is -2.35. The summed E-state index contributed by atoms with van der Waals surface area (Å²) in [7, 11) is 0. The van der Waals surface area contributed by atoms with Gasteiger partial charge in [0, 0.05) is 23.3 Å². The van der Waals surface area contributed by atoms with Crippen molar-refractivity contribution in [1.29, 1.82) is 0 Å². The first-order valence-electron chi connectivity index (χ1n) is 8.06. The number of nitrogens with two attached hydrogens (primary N) is 1. The van der Waals surface area contributed by atoms with Crippen LogP contribution in [0, 0.1) is 11.8 Å². The summed E-state index contributed by atoms with van der Waals surface area (Å²) < 4.78 is 0. The molecule has 2 atom stereocenters. The van der Waals surface area contributed by atoms with Crippen molar-refractivity contribution in [3.05, 3.63) is 30.5 Å². The number of hydrogen-bond donors (Lipinski definition) is 2. The maximum Gasteiger partial charge on any atom is 0.0951 e. The van der Waals surface area contributed by atoms with Crippen molar-refractivity contribution in [2.75, 3.05) is 11.1 Å². The second-order valence-electron chi connectivity index (χ2n) is 6.55. The van der Waals surface area contributed by atoms with E-state index in [0.717, 1.165) is 28.4 Å². The van der Waals surface area contributed by atoms with Gasteiger partial charge in [-0.3, -0.25) is 4.98 Å². The molecule has 1 aliphatic carbocycles. The standard InChI is InChI=1S/C18H25N3/c1-12(2)13-6-3-4-8-16(13)21-17-10-9-15(19)18-14(17)7-5-11-20-18/h5,7,9-13,16,21H,3-4,6,8,19H2,1-2H3. The lowest BCUT2D eigenvalue weighted by molar-refractivity contribution is 0.254. The minimum Gasteiger partial charge on any atom is -0.397 e. The molecule has 0 aliphatic heterocycles. The summed E-state index contributed by atoms with van der Waals surface area (Å²) in [5.74, 6) is 1.48. The number of nitrogens with zero attached hydrogens (tertiary/aromatic N) is 1. The lowest BCUT2D eigenvalue weighted by atomic mass is 9.77. The van der Waals surface area contributed by atoms with Crippen LogP contribution in [0.2, 0.25) is 0 Å². The molecule has 0 radical (unpaired) electrons. The van der Waals surface area contributed by atoms with E-state index in [0.29, 0.717) is 6.04 Å². The molecule has 3 heteroatoms. The Hall–Kier alpha value is -1.77. The third-order valence-corrected chi connectivity index (χ3v) is 4.82. The fourth-order valence-corrected chi connectivity index (χ4v) is 3.66. The summed E-state index contributed by atoms with van der Waals surface area (Å²) in [6.07, 6.45) is 7.09. The predicted molar refractivity (Wildman–Crippen MR) is 90.4 cm³/mol. The van der Waals surface area contributed by atoms with Crippen LogP contribution < -0.4 is 11.1 Å². The van der Waals surface area contributed by atoms with Gasteiger partial charge in [0.25, 0.3) is 0 Å². The van der Waals surface area contributed by atoms with Crippen LogP contribution in [0.5, 0.6) is 0 Å². The van der Waals surface area contributed by atoms with Crippen molar-refractivity contribution < 1.29 is 0 Å². The highest BCUT2D eigenvalue weighted by Crippen LogP contribution is 2.34. The molecule has 1 aliphatic rings. The molecule has 21 heavy (non-hydrogen) atoms. The summed E-state index contributed by atoms with van der Waals surface area (Å²) in [5, 5.41) is 4.92. The SMILES string of the molecule is CC(C)C1CCCCC1Nc1ccc(N)c2ncccc12. The zero-order valence-corrected chi connectivity index (χ0v) is 13.0. The van der Waals surface area contributed by atoms with Gasteiger partial charge in [0.1, 0.15) is 0 Å². The van der Waals surface area contributed by atoms with Gasteiger partial charge in [-0.2, -0.15) is 0 Å². The number of nitrogens with one attached hydrogen (secondary N) is 1. The monoisotopic (exact) mass is 283 g/mol. The van der Waals surface area contributed by atoms with Gasteiger partial charge < -0.3 is 11.1 Å². The van der Waals surface area contributed by atoms with Crippen LogP contribution >= 0.6 is 0 Å². The number of aromatic nitrogens is 1. The molecule has 1 aromatic carbocycles. The molecule has 3 N–H and O–H groups in total. The number of hydrogen-bond acceptors (Lipinski definition) is 3. The van der Waals surface area contributed by atoms with Crippen molar-refractivity contribution in [2.24, 2.45) is 11.8 Å². The Morgan fingerprint density at radius 2 is 2.00 bits per heavy atom. The van der Waals surface area contributed by atoms with Crippen LogP contribution in [0.25, 0.3) is 10.9 Å². The smallest absolute Gasteiger partial charge is 0.0951 e. The van der Waals surface area contributed by atoms with E-state index >= 15 is 0 Å². The van der Waals surface area contributed by atoms with Gasteiger partial charge in [-0.25, -0.2) is 0 Å². The van der Waals surface area contributed by atoms with Crippen LogP contribution in [0.15, 0.2) is 30.5 Å². The Bertz CT molecular complexity index is 621. The van der Waals surface area contributed by atoms with E-state index in [2.05, 4.69) is 36.3 Å². The second kappa shape index (κ2) is 5.92.